The van der Waals surface area contributed by atoms with E-state index in [1.165, 1.54) is 0 Å². The average molecular weight is 341 g/mol. The first-order valence-electron chi connectivity index (χ1n) is 5.15. The van der Waals surface area contributed by atoms with Gasteiger partial charge in [-0.25, -0.2) is 9.97 Å². The van der Waals surface area contributed by atoms with Gasteiger partial charge in [0, 0.05) is 28.5 Å². The summed E-state index contributed by atoms with van der Waals surface area (Å²) in [5, 5.41) is 1.56. The molecule has 90 valence electrons. The lowest BCUT2D eigenvalue weighted by atomic mass is 10.4. The molecule has 3 rings (SSSR count). The van der Waals surface area contributed by atoms with Crippen LogP contribution in [0.3, 0.4) is 0 Å². The molecule has 0 amide bonds. The maximum atomic E-state index is 5.98. The van der Waals surface area contributed by atoms with Crippen LogP contribution in [-0.2, 0) is 0 Å². The molecule has 0 aliphatic heterocycles. The number of hydrogen-bond acceptors (Lipinski definition) is 3. The number of hydrogen-bond donors (Lipinski definition) is 0. The smallest absolute Gasteiger partial charge is 0.170 e. The Morgan fingerprint density at radius 1 is 1.33 bits per heavy atom. The molecule has 0 N–H and O–H groups in total. The van der Waals surface area contributed by atoms with Crippen molar-refractivity contribution in [2.75, 3.05) is 0 Å². The molecule has 0 aliphatic carbocycles. The number of halogens is 2. The summed E-state index contributed by atoms with van der Waals surface area (Å²) in [6, 6.07) is 7.68. The minimum Gasteiger partial charge on any atom is -0.302 e. The van der Waals surface area contributed by atoms with E-state index < -0.39 is 0 Å². The lowest BCUT2D eigenvalue weighted by Gasteiger charge is -2.04. The number of nitrogens with zero attached hydrogens (tertiary/aromatic N) is 3. The van der Waals surface area contributed by atoms with E-state index in [1.807, 2.05) is 41.1 Å². The molecule has 0 radical (unpaired) electrons. The Kier molecular flexibility index (Phi) is 3.28. The summed E-state index contributed by atoms with van der Waals surface area (Å²) in [5.74, 6) is 0. The molecule has 0 aliphatic rings. The van der Waals surface area contributed by atoms with Crippen LogP contribution >= 0.6 is 39.3 Å². The van der Waals surface area contributed by atoms with E-state index in [4.69, 9.17) is 11.6 Å². The Morgan fingerprint density at radius 2 is 2.22 bits per heavy atom. The van der Waals surface area contributed by atoms with Gasteiger partial charge in [0.1, 0.15) is 9.63 Å². The highest BCUT2D eigenvalue weighted by Crippen LogP contribution is 2.31. The Balaban J connectivity index is 2.06. The van der Waals surface area contributed by atoms with Crippen molar-refractivity contribution >= 4 is 44.9 Å². The van der Waals surface area contributed by atoms with Crippen LogP contribution in [0, 0.1) is 0 Å². The molecule has 2 aromatic heterocycles. The fourth-order valence-corrected chi connectivity index (χ4v) is 3.30. The second kappa shape index (κ2) is 4.91. The van der Waals surface area contributed by atoms with Gasteiger partial charge in [-0.3, -0.25) is 0 Å². The van der Waals surface area contributed by atoms with Crippen LogP contribution in [-0.4, -0.2) is 14.4 Å². The zero-order chi connectivity index (χ0) is 12.5. The lowest BCUT2D eigenvalue weighted by molar-refractivity contribution is 1.01. The van der Waals surface area contributed by atoms with Crippen LogP contribution in [0.15, 0.2) is 57.4 Å². The third-order valence-electron chi connectivity index (χ3n) is 2.32. The molecule has 3 nitrogen and oxygen atoms in total. The average Bonchev–Trinajstić information content (AvgIpc) is 2.77. The molecule has 3 aromatic rings. The van der Waals surface area contributed by atoms with Gasteiger partial charge in [0.25, 0.3) is 0 Å². The van der Waals surface area contributed by atoms with E-state index in [0.29, 0.717) is 5.02 Å². The second-order valence-corrected chi connectivity index (χ2v) is 5.90. The maximum absolute atomic E-state index is 5.98. The highest BCUT2D eigenvalue weighted by atomic mass is 79.9. The zero-order valence-corrected chi connectivity index (χ0v) is 12.2. The second-order valence-electron chi connectivity index (χ2n) is 3.59. The minimum absolute atomic E-state index is 0.717. The van der Waals surface area contributed by atoms with Gasteiger partial charge in [-0.05, 0) is 34.1 Å². The Hall–Kier alpha value is -1.04. The number of aromatic nitrogens is 3. The normalized spacial score (nSPS) is 11.0. The predicted octanol–water partition coefficient (Wildman–Crippen LogP) is 4.30. The third kappa shape index (κ3) is 2.39. The van der Waals surface area contributed by atoms with Gasteiger partial charge in [-0.2, -0.15) is 0 Å². The molecule has 18 heavy (non-hydrogen) atoms. The molecule has 0 atom stereocenters. The van der Waals surface area contributed by atoms with Gasteiger partial charge in [0.2, 0.25) is 0 Å². The van der Waals surface area contributed by atoms with Crippen molar-refractivity contribution in [1.82, 2.24) is 14.4 Å². The standard InChI is InChI=1S/C12H7BrClN3S/c13-10-7-17-5-4-15-11(17)12(16-10)18-9-3-1-2-8(14)6-9/h1-7H. The Labute approximate surface area is 121 Å². The van der Waals surface area contributed by atoms with Crippen LogP contribution in [0.4, 0.5) is 0 Å². The highest BCUT2D eigenvalue weighted by Gasteiger charge is 2.08. The summed E-state index contributed by atoms with van der Waals surface area (Å²) in [6.07, 6.45) is 5.53. The van der Waals surface area contributed by atoms with Crippen molar-refractivity contribution in [3.05, 3.63) is 52.5 Å². The topological polar surface area (TPSA) is 30.2 Å². The molecule has 0 bridgehead atoms. The molecule has 1 aromatic carbocycles. The molecular weight excluding hydrogens is 334 g/mol. The van der Waals surface area contributed by atoms with Gasteiger partial charge in [-0.15, -0.1) is 0 Å². The fourth-order valence-electron chi connectivity index (χ4n) is 1.58. The summed E-state index contributed by atoms with van der Waals surface area (Å²) in [7, 11) is 0. The van der Waals surface area contributed by atoms with Crippen LogP contribution in [0.1, 0.15) is 0 Å². The van der Waals surface area contributed by atoms with Gasteiger partial charge >= 0.3 is 0 Å². The molecule has 0 fully saturated rings. The first-order chi connectivity index (χ1) is 8.72. The molecule has 0 saturated heterocycles. The summed E-state index contributed by atoms with van der Waals surface area (Å²) >= 11 is 10.9. The Morgan fingerprint density at radius 3 is 3.06 bits per heavy atom. The van der Waals surface area contributed by atoms with Crippen molar-refractivity contribution in [2.24, 2.45) is 0 Å². The highest BCUT2D eigenvalue weighted by molar-refractivity contribution is 9.10. The quantitative estimate of drug-likeness (QED) is 0.697. The first kappa shape index (κ1) is 12.0. The van der Waals surface area contributed by atoms with E-state index in [2.05, 4.69) is 25.9 Å². The summed E-state index contributed by atoms with van der Waals surface area (Å²) in [6.45, 7) is 0. The monoisotopic (exact) mass is 339 g/mol. The Bertz CT molecular complexity index is 713. The molecule has 2 heterocycles. The maximum Gasteiger partial charge on any atom is 0.170 e. The minimum atomic E-state index is 0.717. The number of imidazole rings is 1. The number of rotatable bonds is 2. The van der Waals surface area contributed by atoms with Crippen LogP contribution in [0.25, 0.3) is 5.65 Å². The van der Waals surface area contributed by atoms with Crippen LogP contribution < -0.4 is 0 Å². The summed E-state index contributed by atoms with van der Waals surface area (Å²) in [5.41, 5.74) is 0.836. The molecule has 6 heteroatoms. The number of benzene rings is 1. The predicted molar refractivity (Wildman–Crippen MR) is 76.3 cm³/mol. The lowest BCUT2D eigenvalue weighted by Crippen LogP contribution is -1.91. The van der Waals surface area contributed by atoms with E-state index in [-0.39, 0.29) is 0 Å². The summed E-state index contributed by atoms with van der Waals surface area (Å²) < 4.78 is 2.71. The van der Waals surface area contributed by atoms with Crippen molar-refractivity contribution in [3.63, 3.8) is 0 Å². The van der Waals surface area contributed by atoms with E-state index in [1.54, 1.807) is 18.0 Å². The van der Waals surface area contributed by atoms with Gasteiger partial charge in [-0.1, -0.05) is 29.4 Å². The molecule has 0 unspecified atom stereocenters. The zero-order valence-electron chi connectivity index (χ0n) is 9.05. The summed E-state index contributed by atoms with van der Waals surface area (Å²) in [4.78, 5) is 9.80. The first-order valence-corrected chi connectivity index (χ1v) is 7.14. The molecule has 0 saturated carbocycles. The van der Waals surface area contributed by atoms with Crippen LogP contribution in [0.5, 0.6) is 0 Å². The van der Waals surface area contributed by atoms with Gasteiger partial charge in [0.15, 0.2) is 5.65 Å². The van der Waals surface area contributed by atoms with Crippen LogP contribution in [0.2, 0.25) is 5.02 Å². The van der Waals surface area contributed by atoms with E-state index in [0.717, 1.165) is 20.2 Å². The molecular formula is C12H7BrClN3S. The molecule has 0 spiro atoms. The largest absolute Gasteiger partial charge is 0.302 e. The number of fused-ring (bicyclic) bond motifs is 1. The van der Waals surface area contributed by atoms with E-state index in [9.17, 15) is 0 Å². The SMILES string of the molecule is Clc1cccc(Sc2nc(Br)cn3ccnc23)c1. The van der Waals surface area contributed by atoms with Crippen molar-refractivity contribution in [3.8, 4) is 0 Å². The van der Waals surface area contributed by atoms with Crippen molar-refractivity contribution in [1.29, 1.82) is 0 Å². The van der Waals surface area contributed by atoms with Crippen molar-refractivity contribution < 1.29 is 0 Å². The van der Waals surface area contributed by atoms with Gasteiger partial charge < -0.3 is 4.40 Å². The van der Waals surface area contributed by atoms with E-state index >= 15 is 0 Å². The van der Waals surface area contributed by atoms with Crippen molar-refractivity contribution in [2.45, 2.75) is 9.92 Å². The third-order valence-corrected chi connectivity index (χ3v) is 3.90. The fraction of sp³-hybridized carbons (Fsp3) is 0. The van der Waals surface area contributed by atoms with Gasteiger partial charge in [0.05, 0.1) is 0 Å².